The molecule has 5 nitrogen and oxygen atoms in total. The van der Waals surface area contributed by atoms with E-state index in [-0.39, 0.29) is 6.61 Å². The van der Waals surface area contributed by atoms with Crippen LogP contribution in [0.3, 0.4) is 0 Å². The van der Waals surface area contributed by atoms with Gasteiger partial charge in [-0.1, -0.05) is 24.3 Å². The Morgan fingerprint density at radius 1 is 1.29 bits per heavy atom. The molecular formula is C12H14O5. The number of hydrogen-bond acceptors (Lipinski definition) is 5. The van der Waals surface area contributed by atoms with E-state index in [2.05, 4.69) is 0 Å². The largest absolute Gasteiger partial charge is 0.394 e. The van der Waals surface area contributed by atoms with Crippen molar-refractivity contribution in [2.45, 2.75) is 30.7 Å². The van der Waals surface area contributed by atoms with Gasteiger partial charge in [-0.15, -0.1) is 0 Å². The first-order chi connectivity index (χ1) is 8.19. The number of aliphatic hydroxyl groups excluding tert-OH is 3. The zero-order valence-corrected chi connectivity index (χ0v) is 9.11. The van der Waals surface area contributed by atoms with E-state index in [0.29, 0.717) is 6.61 Å². The maximum absolute atomic E-state index is 10.1. The third-order valence-electron chi connectivity index (χ3n) is 3.44. The molecule has 2 aliphatic heterocycles. The minimum absolute atomic E-state index is 0.331. The SMILES string of the molecule is OC[C@H]1O[C@]2(OCc3ccccc32)[C@H](O)[C@@H]1O. The minimum atomic E-state index is -1.33. The molecule has 92 valence electrons. The zero-order valence-electron chi connectivity index (χ0n) is 9.11. The maximum Gasteiger partial charge on any atom is 0.225 e. The summed E-state index contributed by atoms with van der Waals surface area (Å²) >= 11 is 0. The van der Waals surface area contributed by atoms with E-state index in [1.807, 2.05) is 18.2 Å². The fraction of sp³-hybridized carbons (Fsp3) is 0.500. The predicted molar refractivity (Wildman–Crippen MR) is 56.9 cm³/mol. The highest BCUT2D eigenvalue weighted by atomic mass is 16.7. The first-order valence-electron chi connectivity index (χ1n) is 5.56. The normalized spacial score (nSPS) is 39.8. The van der Waals surface area contributed by atoms with Crippen LogP contribution in [0.5, 0.6) is 0 Å². The van der Waals surface area contributed by atoms with Crippen LogP contribution in [0.15, 0.2) is 24.3 Å². The van der Waals surface area contributed by atoms with Gasteiger partial charge in [0.15, 0.2) is 0 Å². The Labute approximate surface area is 98.2 Å². The van der Waals surface area contributed by atoms with Crippen molar-refractivity contribution in [2.24, 2.45) is 0 Å². The molecule has 0 aromatic heterocycles. The predicted octanol–water partition coefficient (Wildman–Crippen LogP) is -0.518. The first kappa shape index (κ1) is 11.1. The van der Waals surface area contributed by atoms with Crippen molar-refractivity contribution in [3.63, 3.8) is 0 Å². The second-order valence-electron chi connectivity index (χ2n) is 4.39. The summed E-state index contributed by atoms with van der Waals surface area (Å²) in [5.74, 6) is -1.33. The van der Waals surface area contributed by atoms with Crippen LogP contribution >= 0.6 is 0 Å². The molecule has 3 rings (SSSR count). The van der Waals surface area contributed by atoms with E-state index in [1.54, 1.807) is 6.07 Å². The molecule has 0 aliphatic carbocycles. The summed E-state index contributed by atoms with van der Waals surface area (Å²) in [6.07, 6.45) is -3.16. The second kappa shape index (κ2) is 3.76. The van der Waals surface area contributed by atoms with Gasteiger partial charge in [0.25, 0.3) is 0 Å². The van der Waals surface area contributed by atoms with Gasteiger partial charge in [-0.3, -0.25) is 0 Å². The Balaban J connectivity index is 2.04. The molecule has 0 radical (unpaired) electrons. The Morgan fingerprint density at radius 2 is 2.06 bits per heavy atom. The van der Waals surface area contributed by atoms with Gasteiger partial charge in [-0.25, -0.2) is 0 Å². The number of aliphatic hydroxyl groups is 3. The van der Waals surface area contributed by atoms with Crippen molar-refractivity contribution >= 4 is 0 Å². The molecule has 5 heteroatoms. The highest BCUT2D eigenvalue weighted by Crippen LogP contribution is 2.46. The van der Waals surface area contributed by atoms with Crippen LogP contribution in [0, 0.1) is 0 Å². The molecular weight excluding hydrogens is 224 g/mol. The molecule has 2 aliphatic rings. The molecule has 4 atom stereocenters. The molecule has 3 N–H and O–H groups in total. The summed E-state index contributed by atoms with van der Waals surface area (Å²) in [7, 11) is 0. The minimum Gasteiger partial charge on any atom is -0.394 e. The summed E-state index contributed by atoms with van der Waals surface area (Å²) in [6, 6.07) is 7.39. The van der Waals surface area contributed by atoms with E-state index >= 15 is 0 Å². The monoisotopic (exact) mass is 238 g/mol. The quantitative estimate of drug-likeness (QED) is 0.613. The van der Waals surface area contributed by atoms with Gasteiger partial charge < -0.3 is 24.8 Å². The van der Waals surface area contributed by atoms with E-state index in [9.17, 15) is 10.2 Å². The Kier molecular flexibility index (Phi) is 2.46. The van der Waals surface area contributed by atoms with Crippen molar-refractivity contribution in [1.82, 2.24) is 0 Å². The van der Waals surface area contributed by atoms with Gasteiger partial charge in [0.05, 0.1) is 13.2 Å². The standard InChI is InChI=1S/C12H14O5/c13-5-9-10(14)11(15)12(17-9)8-4-2-1-3-7(8)6-16-12/h1-4,9-11,13-15H,5-6H2/t9-,10-,11-,12+/m1/s1. The average Bonchev–Trinajstić information content (AvgIpc) is 2.85. The van der Waals surface area contributed by atoms with Crippen molar-refractivity contribution < 1.29 is 24.8 Å². The highest BCUT2D eigenvalue weighted by molar-refractivity contribution is 5.36. The summed E-state index contributed by atoms with van der Waals surface area (Å²) < 4.78 is 11.1. The van der Waals surface area contributed by atoms with E-state index in [1.165, 1.54) is 0 Å². The number of hydrogen-bond donors (Lipinski definition) is 3. The molecule has 1 saturated heterocycles. The molecule has 0 unspecified atom stereocenters. The molecule has 0 saturated carbocycles. The van der Waals surface area contributed by atoms with Crippen LogP contribution in [0.4, 0.5) is 0 Å². The molecule has 1 aromatic carbocycles. The average molecular weight is 238 g/mol. The fourth-order valence-electron chi connectivity index (χ4n) is 2.53. The van der Waals surface area contributed by atoms with Gasteiger partial charge in [-0.2, -0.15) is 0 Å². The Morgan fingerprint density at radius 3 is 2.76 bits per heavy atom. The van der Waals surface area contributed by atoms with Crippen molar-refractivity contribution in [2.75, 3.05) is 6.61 Å². The van der Waals surface area contributed by atoms with Crippen LogP contribution in [0.2, 0.25) is 0 Å². The molecule has 17 heavy (non-hydrogen) atoms. The molecule has 1 aromatic rings. The molecule has 2 heterocycles. The number of ether oxygens (including phenoxy) is 2. The van der Waals surface area contributed by atoms with E-state index < -0.39 is 24.1 Å². The van der Waals surface area contributed by atoms with Gasteiger partial charge in [0, 0.05) is 5.56 Å². The number of rotatable bonds is 1. The van der Waals surface area contributed by atoms with E-state index in [4.69, 9.17) is 14.6 Å². The van der Waals surface area contributed by atoms with Crippen LogP contribution < -0.4 is 0 Å². The smallest absolute Gasteiger partial charge is 0.225 e. The Bertz CT molecular complexity index is 435. The van der Waals surface area contributed by atoms with Crippen LogP contribution in [-0.4, -0.2) is 40.2 Å². The summed E-state index contributed by atoms with van der Waals surface area (Å²) in [5.41, 5.74) is 1.65. The van der Waals surface area contributed by atoms with Gasteiger partial charge in [-0.05, 0) is 5.56 Å². The van der Waals surface area contributed by atoms with Crippen molar-refractivity contribution in [3.05, 3.63) is 35.4 Å². The topological polar surface area (TPSA) is 79.2 Å². The third-order valence-corrected chi connectivity index (χ3v) is 3.44. The number of fused-ring (bicyclic) bond motifs is 2. The third kappa shape index (κ3) is 1.38. The summed E-state index contributed by atoms with van der Waals surface area (Å²) in [6.45, 7) is -0.0242. The lowest BCUT2D eigenvalue weighted by atomic mass is 9.96. The van der Waals surface area contributed by atoms with Gasteiger partial charge in [0.1, 0.15) is 18.3 Å². The lowest BCUT2D eigenvalue weighted by molar-refractivity contribution is -0.262. The van der Waals surface area contributed by atoms with Crippen LogP contribution in [-0.2, 0) is 21.9 Å². The summed E-state index contributed by atoms with van der Waals surface area (Å²) in [4.78, 5) is 0. The van der Waals surface area contributed by atoms with Crippen molar-refractivity contribution in [1.29, 1.82) is 0 Å². The maximum atomic E-state index is 10.1. The highest BCUT2D eigenvalue weighted by Gasteiger charge is 2.59. The van der Waals surface area contributed by atoms with Crippen LogP contribution in [0.1, 0.15) is 11.1 Å². The van der Waals surface area contributed by atoms with Crippen LogP contribution in [0.25, 0.3) is 0 Å². The lowest BCUT2D eigenvalue weighted by Crippen LogP contribution is -2.40. The van der Waals surface area contributed by atoms with E-state index in [0.717, 1.165) is 11.1 Å². The van der Waals surface area contributed by atoms with Gasteiger partial charge in [0.2, 0.25) is 5.79 Å². The molecule has 1 spiro atoms. The Hall–Kier alpha value is -0.980. The number of benzene rings is 1. The second-order valence-corrected chi connectivity index (χ2v) is 4.39. The zero-order chi connectivity index (χ0) is 12.0. The lowest BCUT2D eigenvalue weighted by Gasteiger charge is -2.27. The molecule has 0 bridgehead atoms. The molecule has 0 amide bonds. The van der Waals surface area contributed by atoms with Gasteiger partial charge >= 0.3 is 0 Å². The fourth-order valence-corrected chi connectivity index (χ4v) is 2.53. The first-order valence-corrected chi connectivity index (χ1v) is 5.56. The molecule has 1 fully saturated rings. The summed E-state index contributed by atoms with van der Waals surface area (Å²) in [5, 5.41) is 29.0. The van der Waals surface area contributed by atoms with Crippen molar-refractivity contribution in [3.8, 4) is 0 Å².